The maximum absolute atomic E-state index is 12.4. The number of carbonyl (C=O) groups is 1. The van der Waals surface area contributed by atoms with Crippen molar-refractivity contribution in [2.24, 2.45) is 0 Å². The van der Waals surface area contributed by atoms with Gasteiger partial charge in [-0.1, -0.05) is 18.2 Å². The van der Waals surface area contributed by atoms with Gasteiger partial charge in [-0.15, -0.1) is 0 Å². The lowest BCUT2D eigenvalue weighted by Crippen LogP contribution is -2.13. The third kappa shape index (κ3) is 5.11. The Bertz CT molecular complexity index is 842. The van der Waals surface area contributed by atoms with Gasteiger partial charge < -0.3 is 14.8 Å². The van der Waals surface area contributed by atoms with Crippen LogP contribution in [-0.2, 0) is 4.79 Å². The number of anilines is 1. The summed E-state index contributed by atoms with van der Waals surface area (Å²) in [7, 11) is 0. The molecule has 0 heterocycles. The zero-order valence-corrected chi connectivity index (χ0v) is 16.2. The number of nitrogens with zero attached hydrogens (tertiary/aromatic N) is 1. The van der Waals surface area contributed by atoms with E-state index in [-0.39, 0.29) is 5.57 Å². The molecule has 0 saturated carbocycles. The van der Waals surface area contributed by atoms with Crippen molar-refractivity contribution >= 4 is 33.6 Å². The highest BCUT2D eigenvalue weighted by Gasteiger charge is 2.14. The molecule has 0 atom stereocenters. The second-order valence-corrected chi connectivity index (χ2v) is 6.03. The lowest BCUT2D eigenvalue weighted by Gasteiger charge is -2.13. The number of amides is 1. The summed E-state index contributed by atoms with van der Waals surface area (Å²) in [6.45, 7) is 4.72. The van der Waals surface area contributed by atoms with Gasteiger partial charge in [0.2, 0.25) is 0 Å². The lowest BCUT2D eigenvalue weighted by atomic mass is 10.1. The molecule has 0 bridgehead atoms. The summed E-state index contributed by atoms with van der Waals surface area (Å²) < 4.78 is 11.9. The van der Waals surface area contributed by atoms with Crippen LogP contribution in [0.3, 0.4) is 0 Å². The average Bonchev–Trinajstić information content (AvgIpc) is 2.64. The van der Waals surface area contributed by atoms with Gasteiger partial charge >= 0.3 is 0 Å². The molecule has 26 heavy (non-hydrogen) atoms. The van der Waals surface area contributed by atoms with Gasteiger partial charge in [0, 0.05) is 17.3 Å². The van der Waals surface area contributed by atoms with E-state index in [1.165, 1.54) is 6.08 Å². The van der Waals surface area contributed by atoms with Crippen LogP contribution < -0.4 is 14.8 Å². The number of halogens is 1. The van der Waals surface area contributed by atoms with E-state index in [1.54, 1.807) is 24.3 Å². The minimum Gasteiger partial charge on any atom is -0.493 e. The zero-order chi connectivity index (χ0) is 18.9. The minimum absolute atomic E-state index is 0.0223. The van der Waals surface area contributed by atoms with Crippen molar-refractivity contribution in [3.05, 3.63) is 58.1 Å². The van der Waals surface area contributed by atoms with Crippen molar-refractivity contribution < 1.29 is 14.3 Å². The van der Waals surface area contributed by atoms with Gasteiger partial charge in [-0.2, -0.15) is 5.26 Å². The summed E-state index contributed by atoms with van der Waals surface area (Å²) in [6.07, 6.45) is 1.50. The summed E-state index contributed by atoms with van der Waals surface area (Å²) in [5.74, 6) is 0.700. The van der Waals surface area contributed by atoms with E-state index in [0.29, 0.717) is 36.0 Å². The number of rotatable bonds is 7. The Morgan fingerprint density at radius 2 is 1.81 bits per heavy atom. The summed E-state index contributed by atoms with van der Waals surface area (Å²) in [4.78, 5) is 12.4. The molecule has 6 heteroatoms. The first-order chi connectivity index (χ1) is 12.6. The Balaban J connectivity index is 2.36. The number of hydrogen-bond donors (Lipinski definition) is 1. The van der Waals surface area contributed by atoms with E-state index in [0.717, 1.165) is 4.47 Å². The van der Waals surface area contributed by atoms with Crippen molar-refractivity contribution in [1.29, 1.82) is 5.26 Å². The first-order valence-corrected chi connectivity index (χ1v) is 8.95. The Kier molecular flexibility index (Phi) is 7.24. The predicted octanol–water partition coefficient (Wildman–Crippen LogP) is 4.79. The van der Waals surface area contributed by atoms with Gasteiger partial charge in [-0.05, 0) is 54.1 Å². The Labute approximate surface area is 161 Å². The van der Waals surface area contributed by atoms with Crippen molar-refractivity contribution in [2.45, 2.75) is 13.8 Å². The quantitative estimate of drug-likeness (QED) is 0.521. The molecule has 2 aromatic carbocycles. The van der Waals surface area contributed by atoms with E-state index in [9.17, 15) is 10.1 Å². The van der Waals surface area contributed by atoms with Crippen LogP contribution in [0.25, 0.3) is 6.08 Å². The van der Waals surface area contributed by atoms with Crippen LogP contribution in [0.4, 0.5) is 5.69 Å². The topological polar surface area (TPSA) is 71.3 Å². The molecule has 5 nitrogen and oxygen atoms in total. The molecule has 1 N–H and O–H groups in total. The zero-order valence-electron chi connectivity index (χ0n) is 14.6. The fraction of sp³-hybridized carbons (Fsp3) is 0.200. The Hall–Kier alpha value is -2.78. The van der Waals surface area contributed by atoms with Crippen LogP contribution in [0.15, 0.2) is 52.5 Å². The van der Waals surface area contributed by atoms with E-state index in [1.807, 2.05) is 38.1 Å². The molecule has 0 unspecified atom stereocenters. The number of nitriles is 1. The number of para-hydroxylation sites is 1. The molecule has 0 spiro atoms. The molecule has 0 fully saturated rings. The van der Waals surface area contributed by atoms with E-state index < -0.39 is 5.91 Å². The summed E-state index contributed by atoms with van der Waals surface area (Å²) >= 11 is 3.44. The van der Waals surface area contributed by atoms with Crippen LogP contribution in [0.5, 0.6) is 11.5 Å². The number of nitrogens with one attached hydrogen (secondary N) is 1. The fourth-order valence-corrected chi connectivity index (χ4v) is 2.71. The molecule has 2 rings (SSSR count). The number of carbonyl (C=O) groups excluding carboxylic acids is 1. The molecule has 0 aliphatic rings. The second kappa shape index (κ2) is 9.64. The van der Waals surface area contributed by atoms with Gasteiger partial charge in [0.05, 0.1) is 17.7 Å². The minimum atomic E-state index is -0.480. The van der Waals surface area contributed by atoms with E-state index >= 15 is 0 Å². The molecule has 0 aliphatic carbocycles. The molecule has 0 aromatic heterocycles. The predicted molar refractivity (Wildman–Crippen MR) is 105 cm³/mol. The van der Waals surface area contributed by atoms with Gasteiger partial charge in [-0.3, -0.25) is 4.79 Å². The molecular formula is C20H19BrN2O3. The smallest absolute Gasteiger partial charge is 0.266 e. The molecule has 134 valence electrons. The molecule has 1 amide bonds. The number of benzene rings is 2. The van der Waals surface area contributed by atoms with Crippen LogP contribution >= 0.6 is 15.9 Å². The molecule has 2 aromatic rings. The van der Waals surface area contributed by atoms with Gasteiger partial charge in [0.1, 0.15) is 23.1 Å². The van der Waals surface area contributed by atoms with Gasteiger partial charge in [-0.25, -0.2) is 0 Å². The SMILES string of the molecule is CCOc1cc(OCC)c(/C=C(/C#N)C(=O)Nc2ccccc2)cc1Br. The van der Waals surface area contributed by atoms with Crippen molar-refractivity contribution in [3.63, 3.8) is 0 Å². The van der Waals surface area contributed by atoms with Crippen molar-refractivity contribution in [3.8, 4) is 17.6 Å². The first-order valence-electron chi connectivity index (χ1n) is 8.16. The maximum Gasteiger partial charge on any atom is 0.266 e. The van der Waals surface area contributed by atoms with E-state index in [2.05, 4.69) is 21.2 Å². The maximum atomic E-state index is 12.4. The highest BCUT2D eigenvalue weighted by Crippen LogP contribution is 2.34. The van der Waals surface area contributed by atoms with E-state index in [4.69, 9.17) is 9.47 Å². The highest BCUT2D eigenvalue weighted by molar-refractivity contribution is 9.10. The van der Waals surface area contributed by atoms with Crippen molar-refractivity contribution in [1.82, 2.24) is 0 Å². The van der Waals surface area contributed by atoms with Gasteiger partial charge in [0.15, 0.2) is 0 Å². The molecular weight excluding hydrogens is 396 g/mol. The highest BCUT2D eigenvalue weighted by atomic mass is 79.9. The molecule has 0 saturated heterocycles. The monoisotopic (exact) mass is 414 g/mol. The summed E-state index contributed by atoms with van der Waals surface area (Å²) in [5, 5.41) is 12.1. The average molecular weight is 415 g/mol. The third-order valence-corrected chi connectivity index (χ3v) is 3.98. The van der Waals surface area contributed by atoms with Gasteiger partial charge in [0.25, 0.3) is 5.91 Å². The summed E-state index contributed by atoms with van der Waals surface area (Å²) in [5.41, 5.74) is 1.21. The van der Waals surface area contributed by atoms with Crippen LogP contribution in [-0.4, -0.2) is 19.1 Å². The Morgan fingerprint density at radius 3 is 2.42 bits per heavy atom. The van der Waals surface area contributed by atoms with Crippen molar-refractivity contribution in [2.75, 3.05) is 18.5 Å². The first kappa shape index (κ1) is 19.5. The Morgan fingerprint density at radius 1 is 1.15 bits per heavy atom. The second-order valence-electron chi connectivity index (χ2n) is 5.18. The number of hydrogen-bond acceptors (Lipinski definition) is 4. The molecule has 0 radical (unpaired) electrons. The standard InChI is InChI=1S/C20H19BrN2O3/c1-3-25-18-12-19(26-4-2)17(21)11-14(18)10-15(13-22)20(24)23-16-8-6-5-7-9-16/h5-12H,3-4H2,1-2H3,(H,23,24)/b15-10-. The molecule has 0 aliphatic heterocycles. The fourth-order valence-electron chi connectivity index (χ4n) is 2.23. The summed E-state index contributed by atoms with van der Waals surface area (Å²) in [6, 6.07) is 14.4. The number of ether oxygens (including phenoxy) is 2. The normalized spacial score (nSPS) is 10.8. The van der Waals surface area contributed by atoms with Crippen LogP contribution in [0.2, 0.25) is 0 Å². The lowest BCUT2D eigenvalue weighted by molar-refractivity contribution is -0.112. The van der Waals surface area contributed by atoms with Crippen LogP contribution in [0.1, 0.15) is 19.4 Å². The van der Waals surface area contributed by atoms with Crippen LogP contribution in [0, 0.1) is 11.3 Å². The largest absolute Gasteiger partial charge is 0.493 e. The third-order valence-electron chi connectivity index (χ3n) is 3.36.